The number of rotatable bonds is 7. The zero-order valence-electron chi connectivity index (χ0n) is 15.2. The Morgan fingerprint density at radius 3 is 2.23 bits per heavy atom. The van der Waals surface area contributed by atoms with Gasteiger partial charge in [-0.05, 0) is 56.0 Å². The molecule has 0 spiro atoms. The van der Waals surface area contributed by atoms with E-state index in [2.05, 4.69) is 10.0 Å². The molecule has 0 saturated heterocycles. The van der Waals surface area contributed by atoms with Crippen molar-refractivity contribution in [1.82, 2.24) is 5.32 Å². The number of ether oxygens (including phenoxy) is 1. The Labute approximate surface area is 154 Å². The number of benzene rings is 2. The van der Waals surface area contributed by atoms with Crippen LogP contribution in [0, 0.1) is 13.8 Å². The van der Waals surface area contributed by atoms with Crippen LogP contribution in [-0.2, 0) is 21.2 Å². The van der Waals surface area contributed by atoms with Crippen LogP contribution in [0.4, 0.5) is 10.5 Å². The van der Waals surface area contributed by atoms with Crippen molar-refractivity contribution in [1.29, 1.82) is 0 Å². The van der Waals surface area contributed by atoms with Crippen LogP contribution in [-0.4, -0.2) is 27.7 Å². The van der Waals surface area contributed by atoms with Gasteiger partial charge in [0.05, 0.1) is 17.2 Å². The number of aryl methyl sites for hydroxylation is 2. The van der Waals surface area contributed by atoms with E-state index in [0.717, 1.165) is 16.7 Å². The number of hydrogen-bond acceptors (Lipinski definition) is 4. The van der Waals surface area contributed by atoms with Gasteiger partial charge in [0.1, 0.15) is 0 Å². The Bertz CT molecular complexity index is 841. The van der Waals surface area contributed by atoms with Crippen LogP contribution in [0.3, 0.4) is 0 Å². The van der Waals surface area contributed by atoms with Gasteiger partial charge < -0.3 is 10.1 Å². The molecule has 0 atom stereocenters. The quantitative estimate of drug-likeness (QED) is 0.776. The first kappa shape index (κ1) is 19.8. The van der Waals surface area contributed by atoms with E-state index in [9.17, 15) is 13.2 Å². The third-order valence-electron chi connectivity index (χ3n) is 3.91. The molecule has 2 aromatic carbocycles. The molecule has 7 heteroatoms. The monoisotopic (exact) mass is 376 g/mol. The fourth-order valence-electron chi connectivity index (χ4n) is 2.50. The molecule has 0 fully saturated rings. The second-order valence-electron chi connectivity index (χ2n) is 5.91. The maximum atomic E-state index is 12.6. The van der Waals surface area contributed by atoms with E-state index in [0.29, 0.717) is 25.3 Å². The van der Waals surface area contributed by atoms with Gasteiger partial charge in [-0.25, -0.2) is 13.2 Å². The number of amides is 1. The number of alkyl carbamates (subject to hydrolysis) is 1. The highest BCUT2D eigenvalue weighted by atomic mass is 32.2. The topological polar surface area (TPSA) is 84.5 Å². The van der Waals surface area contributed by atoms with E-state index in [1.165, 1.54) is 0 Å². The summed E-state index contributed by atoms with van der Waals surface area (Å²) >= 11 is 0. The number of para-hydroxylation sites is 1. The number of sulfonamides is 1. The SMILES string of the molecule is CCOC(=O)NCCc1ccc(S(=O)(=O)Nc2c(C)cccc2C)cc1. The first-order valence-corrected chi connectivity index (χ1v) is 9.90. The summed E-state index contributed by atoms with van der Waals surface area (Å²) in [5.41, 5.74) is 3.27. The number of anilines is 1. The minimum Gasteiger partial charge on any atom is -0.450 e. The van der Waals surface area contributed by atoms with Gasteiger partial charge in [-0.15, -0.1) is 0 Å². The summed E-state index contributed by atoms with van der Waals surface area (Å²) in [6, 6.07) is 12.2. The minimum absolute atomic E-state index is 0.197. The molecule has 0 heterocycles. The lowest BCUT2D eigenvalue weighted by atomic mass is 10.1. The molecule has 0 radical (unpaired) electrons. The van der Waals surface area contributed by atoms with Crippen LogP contribution >= 0.6 is 0 Å². The summed E-state index contributed by atoms with van der Waals surface area (Å²) in [7, 11) is -3.66. The van der Waals surface area contributed by atoms with Crippen molar-refractivity contribution in [2.24, 2.45) is 0 Å². The molecule has 2 N–H and O–H groups in total. The Morgan fingerprint density at radius 2 is 1.65 bits per heavy atom. The lowest BCUT2D eigenvalue weighted by Crippen LogP contribution is -2.26. The molecule has 140 valence electrons. The number of carbonyl (C=O) groups is 1. The average Bonchev–Trinajstić information content (AvgIpc) is 2.59. The van der Waals surface area contributed by atoms with Crippen molar-refractivity contribution < 1.29 is 17.9 Å². The molecule has 2 aromatic rings. The molecular formula is C19H24N2O4S. The smallest absolute Gasteiger partial charge is 0.407 e. The molecule has 0 aliphatic rings. The predicted molar refractivity (Wildman–Crippen MR) is 102 cm³/mol. The lowest BCUT2D eigenvalue weighted by Gasteiger charge is -2.13. The Hall–Kier alpha value is -2.54. The van der Waals surface area contributed by atoms with Crippen molar-refractivity contribution in [2.45, 2.75) is 32.1 Å². The summed E-state index contributed by atoms with van der Waals surface area (Å²) in [5.74, 6) is 0. The molecule has 0 aliphatic carbocycles. The van der Waals surface area contributed by atoms with Crippen LogP contribution < -0.4 is 10.0 Å². The normalized spacial score (nSPS) is 11.0. The van der Waals surface area contributed by atoms with Gasteiger partial charge >= 0.3 is 6.09 Å². The van der Waals surface area contributed by atoms with Gasteiger partial charge in [0.25, 0.3) is 10.0 Å². The van der Waals surface area contributed by atoms with E-state index in [-0.39, 0.29) is 4.90 Å². The molecule has 2 rings (SSSR count). The van der Waals surface area contributed by atoms with E-state index < -0.39 is 16.1 Å². The number of carbonyl (C=O) groups excluding carboxylic acids is 1. The van der Waals surface area contributed by atoms with Gasteiger partial charge in [0, 0.05) is 6.54 Å². The zero-order chi connectivity index (χ0) is 19.2. The standard InChI is InChI=1S/C19H24N2O4S/c1-4-25-19(22)20-13-12-16-8-10-17(11-9-16)26(23,24)21-18-14(2)6-5-7-15(18)3/h5-11,21H,4,12-13H2,1-3H3,(H,20,22). The van der Waals surface area contributed by atoms with Gasteiger partial charge in [-0.3, -0.25) is 4.72 Å². The molecule has 0 saturated carbocycles. The van der Waals surface area contributed by atoms with Crippen LogP contribution in [0.1, 0.15) is 23.6 Å². The first-order valence-electron chi connectivity index (χ1n) is 8.42. The third kappa shape index (κ3) is 5.23. The van der Waals surface area contributed by atoms with E-state index in [4.69, 9.17) is 4.74 Å². The van der Waals surface area contributed by atoms with Crippen LogP contribution in [0.2, 0.25) is 0 Å². The van der Waals surface area contributed by atoms with Crippen LogP contribution in [0.5, 0.6) is 0 Å². The van der Waals surface area contributed by atoms with E-state index >= 15 is 0 Å². The molecule has 26 heavy (non-hydrogen) atoms. The lowest BCUT2D eigenvalue weighted by molar-refractivity contribution is 0.152. The summed E-state index contributed by atoms with van der Waals surface area (Å²) in [6.07, 6.45) is 0.133. The van der Waals surface area contributed by atoms with Gasteiger partial charge in [0.2, 0.25) is 0 Å². The predicted octanol–water partition coefficient (Wildman–Crippen LogP) is 3.39. The maximum Gasteiger partial charge on any atom is 0.407 e. The second-order valence-corrected chi connectivity index (χ2v) is 7.60. The first-order chi connectivity index (χ1) is 12.3. The van der Waals surface area contributed by atoms with Crippen molar-refractivity contribution >= 4 is 21.8 Å². The van der Waals surface area contributed by atoms with Crippen LogP contribution in [0.25, 0.3) is 0 Å². The Balaban J connectivity index is 2.03. The van der Waals surface area contributed by atoms with Crippen LogP contribution in [0.15, 0.2) is 47.4 Å². The average molecular weight is 376 g/mol. The Morgan fingerprint density at radius 1 is 1.04 bits per heavy atom. The maximum absolute atomic E-state index is 12.6. The zero-order valence-corrected chi connectivity index (χ0v) is 16.0. The fraction of sp³-hybridized carbons (Fsp3) is 0.316. The van der Waals surface area contributed by atoms with Crippen molar-refractivity contribution in [2.75, 3.05) is 17.9 Å². The highest BCUT2D eigenvalue weighted by Crippen LogP contribution is 2.23. The molecule has 0 bridgehead atoms. The summed E-state index contributed by atoms with van der Waals surface area (Å²) in [6.45, 7) is 6.22. The second kappa shape index (κ2) is 8.71. The molecule has 0 aromatic heterocycles. The number of hydrogen-bond donors (Lipinski definition) is 2. The van der Waals surface area contributed by atoms with Crippen molar-refractivity contribution in [3.8, 4) is 0 Å². The van der Waals surface area contributed by atoms with E-state index in [1.54, 1.807) is 31.2 Å². The Kier molecular flexibility index (Phi) is 6.63. The largest absolute Gasteiger partial charge is 0.450 e. The minimum atomic E-state index is -3.66. The highest BCUT2D eigenvalue weighted by Gasteiger charge is 2.16. The molecule has 0 unspecified atom stereocenters. The summed E-state index contributed by atoms with van der Waals surface area (Å²) in [4.78, 5) is 11.4. The molecular weight excluding hydrogens is 352 g/mol. The van der Waals surface area contributed by atoms with Gasteiger partial charge in [-0.1, -0.05) is 30.3 Å². The third-order valence-corrected chi connectivity index (χ3v) is 5.28. The molecule has 6 nitrogen and oxygen atoms in total. The van der Waals surface area contributed by atoms with Gasteiger partial charge in [-0.2, -0.15) is 0 Å². The van der Waals surface area contributed by atoms with Crippen molar-refractivity contribution in [3.05, 3.63) is 59.2 Å². The summed E-state index contributed by atoms with van der Waals surface area (Å²) < 4.78 is 32.7. The number of nitrogens with one attached hydrogen (secondary N) is 2. The fourth-order valence-corrected chi connectivity index (χ4v) is 3.70. The van der Waals surface area contributed by atoms with E-state index in [1.807, 2.05) is 32.0 Å². The van der Waals surface area contributed by atoms with Crippen molar-refractivity contribution in [3.63, 3.8) is 0 Å². The molecule has 0 aliphatic heterocycles. The molecule has 1 amide bonds. The highest BCUT2D eigenvalue weighted by molar-refractivity contribution is 7.92. The summed E-state index contributed by atoms with van der Waals surface area (Å²) in [5, 5.41) is 2.63. The van der Waals surface area contributed by atoms with Gasteiger partial charge in [0.15, 0.2) is 0 Å².